The second-order valence-electron chi connectivity index (χ2n) is 4.77. The van der Waals surface area contributed by atoms with Gasteiger partial charge >= 0.3 is 0 Å². The summed E-state index contributed by atoms with van der Waals surface area (Å²) in [5.74, 6) is 0.550. The van der Waals surface area contributed by atoms with Crippen LogP contribution < -0.4 is 5.73 Å². The Kier molecular flexibility index (Phi) is 4.16. The molecule has 0 aromatic heterocycles. The molecule has 0 radical (unpaired) electrons. The van der Waals surface area contributed by atoms with Crippen molar-refractivity contribution in [3.63, 3.8) is 0 Å². The van der Waals surface area contributed by atoms with E-state index in [9.17, 15) is 0 Å². The fourth-order valence-corrected chi connectivity index (χ4v) is 2.18. The first kappa shape index (κ1) is 12.1. The summed E-state index contributed by atoms with van der Waals surface area (Å²) in [6, 6.07) is 9.21. The zero-order valence-electron chi connectivity index (χ0n) is 10.5. The third kappa shape index (κ3) is 3.31. The fraction of sp³-hybridized carbons (Fsp3) is 0.375. The molecule has 0 fully saturated rings. The van der Waals surface area contributed by atoms with Crippen molar-refractivity contribution >= 4 is 0 Å². The first-order valence-electron chi connectivity index (χ1n) is 6.47. The highest BCUT2D eigenvalue weighted by Crippen LogP contribution is 2.24. The Morgan fingerprint density at radius 2 is 2.00 bits per heavy atom. The number of hydrogen-bond acceptors (Lipinski definition) is 1. The van der Waals surface area contributed by atoms with Crippen LogP contribution in [0, 0.1) is 0 Å². The molecule has 2 rings (SSSR count). The molecule has 0 amide bonds. The molecule has 2 N–H and O–H groups in total. The Morgan fingerprint density at radius 3 is 2.59 bits per heavy atom. The van der Waals surface area contributed by atoms with E-state index < -0.39 is 0 Å². The Morgan fingerprint density at radius 1 is 1.24 bits per heavy atom. The number of nitrogens with two attached hydrogens (primary N) is 1. The van der Waals surface area contributed by atoms with Gasteiger partial charge in [0.15, 0.2) is 0 Å². The molecule has 0 saturated heterocycles. The highest BCUT2D eigenvalue weighted by molar-refractivity contribution is 5.31. The molecule has 0 bridgehead atoms. The quantitative estimate of drug-likeness (QED) is 0.836. The van der Waals surface area contributed by atoms with Crippen molar-refractivity contribution < 1.29 is 0 Å². The fourth-order valence-electron chi connectivity index (χ4n) is 2.18. The molecule has 1 nitrogen and oxygen atoms in total. The molecule has 1 heteroatoms. The van der Waals surface area contributed by atoms with Gasteiger partial charge in [0.05, 0.1) is 0 Å². The Hall–Kier alpha value is -1.34. The molecular weight excluding hydrogens is 206 g/mol. The lowest BCUT2D eigenvalue weighted by Gasteiger charge is -2.14. The zero-order valence-corrected chi connectivity index (χ0v) is 10.5. The largest absolute Gasteiger partial charge is 0.327 e. The highest BCUT2D eigenvalue weighted by atomic mass is 14.6. The van der Waals surface area contributed by atoms with E-state index >= 15 is 0 Å². The van der Waals surface area contributed by atoms with Crippen LogP contribution in [0.1, 0.15) is 36.8 Å². The van der Waals surface area contributed by atoms with Crippen LogP contribution >= 0.6 is 0 Å². The van der Waals surface area contributed by atoms with Crippen LogP contribution in [-0.2, 0) is 6.42 Å². The summed E-state index contributed by atoms with van der Waals surface area (Å²) < 4.78 is 0. The van der Waals surface area contributed by atoms with Gasteiger partial charge in [-0.05, 0) is 30.4 Å². The average Bonchev–Trinajstić information content (AvgIpc) is 2.40. The van der Waals surface area contributed by atoms with Crippen molar-refractivity contribution in [3.05, 3.63) is 59.7 Å². The predicted octanol–water partition coefficient (Wildman–Crippen LogP) is 3.57. The van der Waals surface area contributed by atoms with Crippen LogP contribution in [-0.4, -0.2) is 6.04 Å². The van der Waals surface area contributed by atoms with Gasteiger partial charge in [0.25, 0.3) is 0 Å². The second kappa shape index (κ2) is 5.83. The van der Waals surface area contributed by atoms with Crippen molar-refractivity contribution in [3.8, 4) is 0 Å². The van der Waals surface area contributed by atoms with Crippen molar-refractivity contribution in [1.82, 2.24) is 0 Å². The van der Waals surface area contributed by atoms with Crippen LogP contribution in [0.5, 0.6) is 0 Å². The maximum Gasteiger partial charge on any atom is 0.00766 e. The predicted molar refractivity (Wildman–Crippen MR) is 74.1 cm³/mol. The van der Waals surface area contributed by atoms with Gasteiger partial charge in [-0.25, -0.2) is 0 Å². The van der Waals surface area contributed by atoms with E-state index in [2.05, 4.69) is 55.5 Å². The number of hydrogen-bond donors (Lipinski definition) is 1. The monoisotopic (exact) mass is 227 g/mol. The van der Waals surface area contributed by atoms with Crippen molar-refractivity contribution in [2.75, 3.05) is 0 Å². The SMILES string of the molecule is CCC(N)Cc1ccc(C2C=CC=CC2)cc1. The summed E-state index contributed by atoms with van der Waals surface area (Å²) in [7, 11) is 0. The van der Waals surface area contributed by atoms with Crippen LogP contribution in [0.15, 0.2) is 48.6 Å². The average molecular weight is 227 g/mol. The van der Waals surface area contributed by atoms with Crippen LogP contribution in [0.4, 0.5) is 0 Å². The molecule has 17 heavy (non-hydrogen) atoms. The normalized spacial score (nSPS) is 20.5. The number of allylic oxidation sites excluding steroid dienone is 4. The summed E-state index contributed by atoms with van der Waals surface area (Å²) in [5.41, 5.74) is 8.71. The van der Waals surface area contributed by atoms with Gasteiger partial charge in [0, 0.05) is 12.0 Å². The first-order chi connectivity index (χ1) is 8.29. The minimum atomic E-state index is 0.290. The molecule has 1 aliphatic rings. The Labute approximate surface area is 104 Å². The first-order valence-corrected chi connectivity index (χ1v) is 6.47. The maximum absolute atomic E-state index is 5.97. The molecule has 1 aromatic rings. The maximum atomic E-state index is 5.97. The lowest BCUT2D eigenvalue weighted by atomic mass is 9.91. The topological polar surface area (TPSA) is 26.0 Å². The Balaban J connectivity index is 2.02. The van der Waals surface area contributed by atoms with E-state index in [1.54, 1.807) is 0 Å². The lowest BCUT2D eigenvalue weighted by Crippen LogP contribution is -2.21. The smallest absolute Gasteiger partial charge is 0.00766 e. The van der Waals surface area contributed by atoms with E-state index in [-0.39, 0.29) is 0 Å². The van der Waals surface area contributed by atoms with E-state index in [0.29, 0.717) is 12.0 Å². The molecule has 1 aliphatic carbocycles. The summed E-state index contributed by atoms with van der Waals surface area (Å²) in [6.07, 6.45) is 11.9. The van der Waals surface area contributed by atoms with Gasteiger partial charge in [0.2, 0.25) is 0 Å². The van der Waals surface area contributed by atoms with Crippen LogP contribution in [0.25, 0.3) is 0 Å². The van der Waals surface area contributed by atoms with Gasteiger partial charge in [-0.2, -0.15) is 0 Å². The van der Waals surface area contributed by atoms with Crippen molar-refractivity contribution in [2.24, 2.45) is 5.73 Å². The molecule has 0 spiro atoms. The number of benzene rings is 1. The minimum absolute atomic E-state index is 0.290. The molecule has 0 heterocycles. The summed E-state index contributed by atoms with van der Waals surface area (Å²) in [5, 5.41) is 0. The molecule has 0 aliphatic heterocycles. The van der Waals surface area contributed by atoms with E-state index in [4.69, 9.17) is 5.73 Å². The lowest BCUT2D eigenvalue weighted by molar-refractivity contribution is 0.646. The highest BCUT2D eigenvalue weighted by Gasteiger charge is 2.08. The van der Waals surface area contributed by atoms with Gasteiger partial charge in [-0.3, -0.25) is 0 Å². The summed E-state index contributed by atoms with van der Waals surface area (Å²) in [4.78, 5) is 0. The van der Waals surface area contributed by atoms with Gasteiger partial charge < -0.3 is 5.73 Å². The third-order valence-electron chi connectivity index (χ3n) is 3.41. The molecule has 2 unspecified atom stereocenters. The van der Waals surface area contributed by atoms with E-state index in [0.717, 1.165) is 19.3 Å². The second-order valence-corrected chi connectivity index (χ2v) is 4.77. The number of rotatable bonds is 4. The van der Waals surface area contributed by atoms with Crippen LogP contribution in [0.2, 0.25) is 0 Å². The zero-order chi connectivity index (χ0) is 12.1. The van der Waals surface area contributed by atoms with Crippen molar-refractivity contribution in [1.29, 1.82) is 0 Å². The molecule has 2 atom stereocenters. The Bertz CT molecular complexity index is 400. The van der Waals surface area contributed by atoms with Gasteiger partial charge in [-0.15, -0.1) is 0 Å². The third-order valence-corrected chi connectivity index (χ3v) is 3.41. The minimum Gasteiger partial charge on any atom is -0.327 e. The molecule has 1 aromatic carbocycles. The molecular formula is C16H21N. The molecule has 0 saturated carbocycles. The van der Waals surface area contributed by atoms with E-state index in [1.165, 1.54) is 11.1 Å². The van der Waals surface area contributed by atoms with Crippen LogP contribution in [0.3, 0.4) is 0 Å². The van der Waals surface area contributed by atoms with Gasteiger partial charge in [-0.1, -0.05) is 55.5 Å². The summed E-state index contributed by atoms with van der Waals surface area (Å²) in [6.45, 7) is 2.14. The molecule has 90 valence electrons. The summed E-state index contributed by atoms with van der Waals surface area (Å²) >= 11 is 0. The van der Waals surface area contributed by atoms with Gasteiger partial charge in [0.1, 0.15) is 0 Å². The van der Waals surface area contributed by atoms with E-state index in [1.807, 2.05) is 0 Å². The standard InChI is InChI=1S/C16H21N/c1-2-16(17)12-13-8-10-15(11-9-13)14-6-4-3-5-7-14/h3-6,8-11,14,16H,2,7,12,17H2,1H3. The van der Waals surface area contributed by atoms with Crippen molar-refractivity contribution in [2.45, 2.75) is 38.1 Å².